The minimum atomic E-state index is 0.406. The topological polar surface area (TPSA) is 33.1 Å². The van der Waals surface area contributed by atoms with Crippen molar-refractivity contribution in [2.45, 2.75) is 38.9 Å². The van der Waals surface area contributed by atoms with Crippen LogP contribution in [0.3, 0.4) is 0 Å². The summed E-state index contributed by atoms with van der Waals surface area (Å²) in [5.41, 5.74) is 2.70. The molecule has 0 bridgehead atoms. The van der Waals surface area contributed by atoms with Crippen LogP contribution in [0, 0.1) is 0 Å². The third-order valence-corrected chi connectivity index (χ3v) is 4.08. The molecule has 2 aromatic rings. The molecule has 3 rings (SSSR count). The Bertz CT molecular complexity index is 526. The standard InChI is InChI=1S/C17H24N4/c1-15(14-21-12-4-9-19-21)18-13-16-5-7-17(8-6-16)20-10-2-3-11-20/h4-9,12,15,18H,2-3,10-11,13-14H2,1H3. The van der Waals surface area contributed by atoms with Gasteiger partial charge in [-0.3, -0.25) is 4.68 Å². The Morgan fingerprint density at radius 2 is 1.95 bits per heavy atom. The van der Waals surface area contributed by atoms with Gasteiger partial charge in [0.25, 0.3) is 0 Å². The van der Waals surface area contributed by atoms with Crippen LogP contribution in [0.5, 0.6) is 0 Å². The molecule has 1 fully saturated rings. The van der Waals surface area contributed by atoms with Crippen molar-refractivity contribution < 1.29 is 0 Å². The Kier molecular flexibility index (Phi) is 4.55. The zero-order valence-electron chi connectivity index (χ0n) is 12.7. The van der Waals surface area contributed by atoms with Gasteiger partial charge in [0.2, 0.25) is 0 Å². The number of benzene rings is 1. The van der Waals surface area contributed by atoms with E-state index in [1.54, 1.807) is 0 Å². The lowest BCUT2D eigenvalue weighted by Crippen LogP contribution is -2.30. The molecule has 21 heavy (non-hydrogen) atoms. The van der Waals surface area contributed by atoms with E-state index >= 15 is 0 Å². The molecular weight excluding hydrogens is 260 g/mol. The lowest BCUT2D eigenvalue weighted by atomic mass is 10.2. The maximum Gasteiger partial charge on any atom is 0.0560 e. The van der Waals surface area contributed by atoms with E-state index in [0.29, 0.717) is 6.04 Å². The summed E-state index contributed by atoms with van der Waals surface area (Å²) in [5.74, 6) is 0. The second kappa shape index (κ2) is 6.76. The fourth-order valence-corrected chi connectivity index (χ4v) is 2.85. The highest BCUT2D eigenvalue weighted by Crippen LogP contribution is 2.20. The molecule has 1 aromatic carbocycles. The molecule has 0 radical (unpaired) electrons. The third-order valence-electron chi connectivity index (χ3n) is 4.08. The first-order chi connectivity index (χ1) is 10.3. The molecule has 4 nitrogen and oxygen atoms in total. The Balaban J connectivity index is 1.48. The quantitative estimate of drug-likeness (QED) is 0.885. The predicted molar refractivity (Wildman–Crippen MR) is 86.4 cm³/mol. The molecule has 0 aliphatic carbocycles. The third kappa shape index (κ3) is 3.85. The van der Waals surface area contributed by atoms with E-state index in [9.17, 15) is 0 Å². The van der Waals surface area contributed by atoms with Gasteiger partial charge < -0.3 is 10.2 Å². The summed E-state index contributed by atoms with van der Waals surface area (Å²) in [5, 5.41) is 7.79. The summed E-state index contributed by atoms with van der Waals surface area (Å²) in [6, 6.07) is 11.3. The summed E-state index contributed by atoms with van der Waals surface area (Å²) in [6.07, 6.45) is 6.48. The average Bonchev–Trinajstić information content (AvgIpc) is 3.19. The van der Waals surface area contributed by atoms with E-state index < -0.39 is 0 Å². The number of hydrogen-bond donors (Lipinski definition) is 1. The highest BCUT2D eigenvalue weighted by atomic mass is 15.3. The first-order valence-corrected chi connectivity index (χ1v) is 7.86. The van der Waals surface area contributed by atoms with Crippen molar-refractivity contribution >= 4 is 5.69 Å². The van der Waals surface area contributed by atoms with Gasteiger partial charge in [0, 0.05) is 43.8 Å². The van der Waals surface area contributed by atoms with Crippen molar-refractivity contribution in [3.8, 4) is 0 Å². The van der Waals surface area contributed by atoms with Crippen LogP contribution in [-0.4, -0.2) is 28.9 Å². The highest BCUT2D eigenvalue weighted by molar-refractivity contribution is 5.48. The van der Waals surface area contributed by atoms with Crippen LogP contribution >= 0.6 is 0 Å². The Labute approximate surface area is 126 Å². The molecule has 112 valence electrons. The molecule has 2 heterocycles. The van der Waals surface area contributed by atoms with Gasteiger partial charge in [-0.2, -0.15) is 5.10 Å². The molecule has 0 spiro atoms. The monoisotopic (exact) mass is 284 g/mol. The summed E-state index contributed by atoms with van der Waals surface area (Å²) < 4.78 is 1.97. The van der Waals surface area contributed by atoms with Crippen molar-refractivity contribution in [3.63, 3.8) is 0 Å². The lowest BCUT2D eigenvalue weighted by molar-refractivity contribution is 0.451. The Morgan fingerprint density at radius 3 is 2.62 bits per heavy atom. The van der Waals surface area contributed by atoms with Gasteiger partial charge in [0.15, 0.2) is 0 Å². The Morgan fingerprint density at radius 1 is 1.19 bits per heavy atom. The van der Waals surface area contributed by atoms with Gasteiger partial charge >= 0.3 is 0 Å². The highest BCUT2D eigenvalue weighted by Gasteiger charge is 2.11. The second-order valence-electron chi connectivity index (χ2n) is 5.87. The number of hydrogen-bond acceptors (Lipinski definition) is 3. The zero-order valence-corrected chi connectivity index (χ0v) is 12.7. The maximum absolute atomic E-state index is 4.24. The van der Waals surface area contributed by atoms with Gasteiger partial charge in [-0.1, -0.05) is 12.1 Å². The van der Waals surface area contributed by atoms with Crippen LogP contribution in [-0.2, 0) is 13.1 Å². The van der Waals surface area contributed by atoms with Gasteiger partial charge in [0.05, 0.1) is 6.54 Å². The molecule has 1 atom stereocenters. The molecular formula is C17H24N4. The second-order valence-corrected chi connectivity index (χ2v) is 5.87. The van der Waals surface area contributed by atoms with Gasteiger partial charge in [-0.05, 0) is 43.5 Å². The molecule has 1 aliphatic heterocycles. The van der Waals surface area contributed by atoms with Crippen molar-refractivity contribution in [2.75, 3.05) is 18.0 Å². The van der Waals surface area contributed by atoms with E-state index in [1.807, 2.05) is 23.1 Å². The lowest BCUT2D eigenvalue weighted by Gasteiger charge is -2.18. The molecule has 1 saturated heterocycles. The minimum absolute atomic E-state index is 0.406. The Hall–Kier alpha value is -1.81. The molecule has 1 aliphatic rings. The van der Waals surface area contributed by atoms with Crippen LogP contribution in [0.1, 0.15) is 25.3 Å². The largest absolute Gasteiger partial charge is 0.372 e. The van der Waals surface area contributed by atoms with Crippen LogP contribution in [0.25, 0.3) is 0 Å². The SMILES string of the molecule is CC(Cn1cccn1)NCc1ccc(N2CCCC2)cc1. The van der Waals surface area contributed by atoms with E-state index in [-0.39, 0.29) is 0 Å². The molecule has 0 amide bonds. The van der Waals surface area contributed by atoms with Crippen molar-refractivity contribution in [3.05, 3.63) is 48.3 Å². The number of anilines is 1. The van der Waals surface area contributed by atoms with E-state index in [0.717, 1.165) is 13.1 Å². The normalized spacial score (nSPS) is 16.3. The number of rotatable bonds is 6. The first-order valence-electron chi connectivity index (χ1n) is 7.86. The average molecular weight is 284 g/mol. The number of nitrogens with zero attached hydrogens (tertiary/aromatic N) is 3. The summed E-state index contributed by atoms with van der Waals surface area (Å²) in [7, 11) is 0. The summed E-state index contributed by atoms with van der Waals surface area (Å²) >= 11 is 0. The first kappa shape index (κ1) is 14.1. The van der Waals surface area contributed by atoms with Gasteiger partial charge in [0.1, 0.15) is 0 Å². The van der Waals surface area contributed by atoms with E-state index in [4.69, 9.17) is 0 Å². The molecule has 0 saturated carbocycles. The number of aromatic nitrogens is 2. The van der Waals surface area contributed by atoms with Crippen LogP contribution in [0.2, 0.25) is 0 Å². The molecule has 1 unspecified atom stereocenters. The minimum Gasteiger partial charge on any atom is -0.372 e. The van der Waals surface area contributed by atoms with E-state index in [2.05, 4.69) is 46.5 Å². The van der Waals surface area contributed by atoms with Crippen molar-refractivity contribution in [1.82, 2.24) is 15.1 Å². The summed E-state index contributed by atoms with van der Waals surface area (Å²) in [4.78, 5) is 2.47. The maximum atomic E-state index is 4.24. The summed E-state index contributed by atoms with van der Waals surface area (Å²) in [6.45, 7) is 6.42. The molecule has 4 heteroatoms. The fourth-order valence-electron chi connectivity index (χ4n) is 2.85. The fraction of sp³-hybridized carbons (Fsp3) is 0.471. The van der Waals surface area contributed by atoms with Crippen molar-refractivity contribution in [2.24, 2.45) is 0 Å². The smallest absolute Gasteiger partial charge is 0.0560 e. The number of nitrogens with one attached hydrogen (secondary N) is 1. The molecule has 1 N–H and O–H groups in total. The molecule has 1 aromatic heterocycles. The van der Waals surface area contributed by atoms with Gasteiger partial charge in [-0.25, -0.2) is 0 Å². The van der Waals surface area contributed by atoms with Crippen LogP contribution in [0.4, 0.5) is 5.69 Å². The van der Waals surface area contributed by atoms with Crippen LogP contribution < -0.4 is 10.2 Å². The zero-order chi connectivity index (χ0) is 14.5. The van der Waals surface area contributed by atoms with Gasteiger partial charge in [-0.15, -0.1) is 0 Å². The van der Waals surface area contributed by atoms with Crippen LogP contribution in [0.15, 0.2) is 42.7 Å². The van der Waals surface area contributed by atoms with E-state index in [1.165, 1.54) is 37.2 Å². The predicted octanol–water partition coefficient (Wildman–Crippen LogP) is 2.66. The van der Waals surface area contributed by atoms with Crippen molar-refractivity contribution in [1.29, 1.82) is 0 Å².